The largest absolute Gasteiger partial charge is 0.384 e. The molecule has 2 rings (SSSR count). The second-order valence-electron chi connectivity index (χ2n) is 4.05. The van der Waals surface area contributed by atoms with E-state index in [1.54, 1.807) is 6.07 Å². The summed E-state index contributed by atoms with van der Waals surface area (Å²) in [4.78, 5) is 12.8. The minimum absolute atomic E-state index is 0.0178. The molecule has 0 spiro atoms. The molecule has 1 amide bonds. The van der Waals surface area contributed by atoms with Crippen LogP contribution in [0.1, 0.15) is 28.1 Å². The Kier molecular flexibility index (Phi) is 5.12. The lowest BCUT2D eigenvalue weighted by Gasteiger charge is -2.22. The van der Waals surface area contributed by atoms with Gasteiger partial charge in [-0.15, -0.1) is 11.3 Å². The molecule has 18 heavy (non-hydrogen) atoms. The van der Waals surface area contributed by atoms with Crippen molar-refractivity contribution in [2.24, 2.45) is 0 Å². The summed E-state index contributed by atoms with van der Waals surface area (Å²) in [6.07, 6.45) is 2.24. The Morgan fingerprint density at radius 3 is 3.22 bits per heavy atom. The number of hydrogen-bond acceptors (Lipinski definition) is 4. The van der Waals surface area contributed by atoms with E-state index in [0.29, 0.717) is 11.6 Å². The molecule has 3 nitrogen and oxygen atoms in total. The lowest BCUT2D eigenvalue weighted by Crippen LogP contribution is -2.38. The number of amides is 1. The van der Waals surface area contributed by atoms with Crippen LogP contribution in [0.4, 0.5) is 0 Å². The quantitative estimate of drug-likeness (QED) is 0.812. The van der Waals surface area contributed by atoms with Crippen LogP contribution < -0.4 is 5.32 Å². The SMILES string of the molecule is O=C(NC1CCCSC1)c1csc(C#CCO)c1. The van der Waals surface area contributed by atoms with Crippen molar-refractivity contribution in [3.63, 3.8) is 0 Å². The Balaban J connectivity index is 1.93. The Labute approximate surface area is 115 Å². The van der Waals surface area contributed by atoms with Gasteiger partial charge in [-0.05, 0) is 24.7 Å². The third-order valence-electron chi connectivity index (χ3n) is 2.65. The van der Waals surface area contributed by atoms with E-state index >= 15 is 0 Å². The molecular formula is C13H15NO2S2. The van der Waals surface area contributed by atoms with Crippen LogP contribution in [-0.2, 0) is 0 Å². The van der Waals surface area contributed by atoms with Crippen molar-refractivity contribution in [1.29, 1.82) is 0 Å². The summed E-state index contributed by atoms with van der Waals surface area (Å²) in [7, 11) is 0. The molecular weight excluding hydrogens is 266 g/mol. The van der Waals surface area contributed by atoms with Gasteiger partial charge in [0.05, 0.1) is 10.4 Å². The van der Waals surface area contributed by atoms with Crippen molar-refractivity contribution < 1.29 is 9.90 Å². The number of thioether (sulfide) groups is 1. The number of hydrogen-bond donors (Lipinski definition) is 2. The van der Waals surface area contributed by atoms with E-state index in [1.807, 2.05) is 17.1 Å². The summed E-state index contributed by atoms with van der Waals surface area (Å²) < 4.78 is 0. The van der Waals surface area contributed by atoms with Gasteiger partial charge in [0.25, 0.3) is 5.91 Å². The molecule has 1 atom stereocenters. The first kappa shape index (κ1) is 13.5. The molecule has 0 aromatic carbocycles. The second kappa shape index (κ2) is 6.83. The lowest BCUT2D eigenvalue weighted by atomic mass is 10.1. The van der Waals surface area contributed by atoms with Crippen LogP contribution in [-0.4, -0.2) is 35.2 Å². The fourth-order valence-corrected chi connectivity index (χ4v) is 3.60. The van der Waals surface area contributed by atoms with Gasteiger partial charge in [0.1, 0.15) is 6.61 Å². The van der Waals surface area contributed by atoms with E-state index in [-0.39, 0.29) is 12.5 Å². The first-order valence-corrected chi connectivity index (χ1v) is 7.90. The Morgan fingerprint density at radius 2 is 2.50 bits per heavy atom. The highest BCUT2D eigenvalue weighted by Crippen LogP contribution is 2.18. The van der Waals surface area contributed by atoms with E-state index in [2.05, 4.69) is 17.2 Å². The molecule has 1 aliphatic heterocycles. The van der Waals surface area contributed by atoms with E-state index in [0.717, 1.165) is 17.1 Å². The fraction of sp³-hybridized carbons (Fsp3) is 0.462. The van der Waals surface area contributed by atoms with Crippen LogP contribution >= 0.6 is 23.1 Å². The second-order valence-corrected chi connectivity index (χ2v) is 6.11. The number of carbonyl (C=O) groups is 1. The maximum absolute atomic E-state index is 12.0. The zero-order valence-electron chi connectivity index (χ0n) is 9.94. The average molecular weight is 281 g/mol. The Hall–Kier alpha value is -0.960. The standard InChI is InChI=1S/C13H15NO2S2/c15-5-1-4-12-7-10(8-18-12)13(16)14-11-3-2-6-17-9-11/h7-8,11,15H,2-3,5-6,9H2,(H,14,16). The van der Waals surface area contributed by atoms with Gasteiger partial charge in [0.2, 0.25) is 0 Å². The highest BCUT2D eigenvalue weighted by molar-refractivity contribution is 7.99. The molecule has 1 aromatic rings. The number of aliphatic hydroxyl groups excluding tert-OH is 1. The van der Waals surface area contributed by atoms with Gasteiger partial charge in [-0.1, -0.05) is 11.8 Å². The summed E-state index contributed by atoms with van der Waals surface area (Å²) >= 11 is 3.32. The Morgan fingerprint density at radius 1 is 1.61 bits per heavy atom. The van der Waals surface area contributed by atoms with E-state index in [4.69, 9.17) is 5.11 Å². The predicted molar refractivity (Wildman–Crippen MR) is 76.1 cm³/mol. The van der Waals surface area contributed by atoms with Crippen molar-refractivity contribution in [2.45, 2.75) is 18.9 Å². The predicted octanol–water partition coefficient (Wildman–Crippen LogP) is 1.72. The van der Waals surface area contributed by atoms with E-state index in [1.165, 1.54) is 23.5 Å². The number of carbonyl (C=O) groups excluding carboxylic acids is 1. The molecule has 0 saturated carbocycles. The van der Waals surface area contributed by atoms with Gasteiger partial charge in [-0.3, -0.25) is 4.79 Å². The van der Waals surface area contributed by atoms with Crippen molar-refractivity contribution in [3.05, 3.63) is 21.9 Å². The molecule has 96 valence electrons. The maximum Gasteiger partial charge on any atom is 0.252 e. The monoisotopic (exact) mass is 281 g/mol. The van der Waals surface area contributed by atoms with Gasteiger partial charge < -0.3 is 10.4 Å². The lowest BCUT2D eigenvalue weighted by molar-refractivity contribution is 0.0939. The molecule has 1 aliphatic rings. The minimum Gasteiger partial charge on any atom is -0.384 e. The van der Waals surface area contributed by atoms with Gasteiger partial charge in [-0.25, -0.2) is 0 Å². The number of nitrogens with one attached hydrogen (secondary N) is 1. The van der Waals surface area contributed by atoms with E-state index < -0.39 is 0 Å². The van der Waals surface area contributed by atoms with E-state index in [9.17, 15) is 4.79 Å². The van der Waals surface area contributed by atoms with Gasteiger partial charge >= 0.3 is 0 Å². The normalized spacial score (nSPS) is 18.8. The summed E-state index contributed by atoms with van der Waals surface area (Å²) in [5, 5.41) is 13.5. The smallest absolute Gasteiger partial charge is 0.252 e. The third-order valence-corrected chi connectivity index (χ3v) is 4.71. The fourth-order valence-electron chi connectivity index (χ4n) is 1.77. The van der Waals surface area contributed by atoms with Gasteiger partial charge in [0, 0.05) is 17.2 Å². The van der Waals surface area contributed by atoms with Gasteiger partial charge in [0.15, 0.2) is 0 Å². The molecule has 0 aliphatic carbocycles. The first-order valence-electron chi connectivity index (χ1n) is 5.86. The molecule has 1 fully saturated rings. The number of aliphatic hydroxyl groups is 1. The van der Waals surface area contributed by atoms with Crippen molar-refractivity contribution in [2.75, 3.05) is 18.1 Å². The van der Waals surface area contributed by atoms with Gasteiger partial charge in [-0.2, -0.15) is 11.8 Å². The maximum atomic E-state index is 12.0. The van der Waals surface area contributed by atoms with Crippen LogP contribution in [0.2, 0.25) is 0 Å². The number of rotatable bonds is 2. The van der Waals surface area contributed by atoms with Crippen molar-refractivity contribution in [3.8, 4) is 11.8 Å². The summed E-state index contributed by atoms with van der Waals surface area (Å²) in [5.74, 6) is 7.58. The molecule has 5 heteroatoms. The Bertz CT molecular complexity index is 467. The highest BCUT2D eigenvalue weighted by atomic mass is 32.2. The zero-order chi connectivity index (χ0) is 12.8. The molecule has 1 saturated heterocycles. The molecule has 0 bridgehead atoms. The molecule has 2 heterocycles. The molecule has 2 N–H and O–H groups in total. The summed E-state index contributed by atoms with van der Waals surface area (Å²) in [6, 6.07) is 2.07. The number of thiophene rings is 1. The minimum atomic E-state index is -0.154. The van der Waals surface area contributed by atoms with Crippen LogP contribution in [0.25, 0.3) is 0 Å². The van der Waals surface area contributed by atoms with Crippen molar-refractivity contribution >= 4 is 29.0 Å². The zero-order valence-corrected chi connectivity index (χ0v) is 11.6. The van der Waals surface area contributed by atoms with Crippen molar-refractivity contribution in [1.82, 2.24) is 5.32 Å². The highest BCUT2D eigenvalue weighted by Gasteiger charge is 2.17. The van der Waals surface area contributed by atoms with Crippen LogP contribution in [0.5, 0.6) is 0 Å². The molecule has 0 radical (unpaired) electrons. The molecule has 1 unspecified atom stereocenters. The third kappa shape index (κ3) is 3.77. The summed E-state index contributed by atoms with van der Waals surface area (Å²) in [6.45, 7) is -0.154. The first-order chi connectivity index (χ1) is 8.79. The van der Waals surface area contributed by atoms with Crippen LogP contribution in [0, 0.1) is 11.8 Å². The molecule has 1 aromatic heterocycles. The summed E-state index contributed by atoms with van der Waals surface area (Å²) in [5.41, 5.74) is 0.665. The van der Waals surface area contributed by atoms with Crippen LogP contribution in [0.15, 0.2) is 11.4 Å². The average Bonchev–Trinajstić information content (AvgIpc) is 2.86. The van der Waals surface area contributed by atoms with Crippen LogP contribution in [0.3, 0.4) is 0 Å². The topological polar surface area (TPSA) is 49.3 Å².